The van der Waals surface area contributed by atoms with E-state index in [-0.39, 0.29) is 24.9 Å². The molecule has 2 aromatic heterocycles. The smallest absolute Gasteiger partial charge is 0.248 e. The number of amides is 1. The molecule has 1 aromatic carbocycles. The Morgan fingerprint density at radius 1 is 1.26 bits per heavy atom. The van der Waals surface area contributed by atoms with Crippen LogP contribution in [0, 0.1) is 11.6 Å². The molecule has 140 valence electrons. The van der Waals surface area contributed by atoms with Crippen molar-refractivity contribution in [3.05, 3.63) is 58.1 Å². The molecule has 0 saturated heterocycles. The van der Waals surface area contributed by atoms with Crippen LogP contribution in [0.4, 0.5) is 8.78 Å². The minimum Gasteiger partial charge on any atom is -0.421 e. The van der Waals surface area contributed by atoms with Gasteiger partial charge in [0.2, 0.25) is 17.7 Å². The van der Waals surface area contributed by atoms with Crippen LogP contribution in [0.5, 0.6) is 0 Å². The fourth-order valence-corrected chi connectivity index (χ4v) is 3.49. The molecular weight excluding hydrogens is 372 g/mol. The summed E-state index contributed by atoms with van der Waals surface area (Å²) in [5, 5.41) is 11.8. The second kappa shape index (κ2) is 7.56. The van der Waals surface area contributed by atoms with E-state index in [1.165, 1.54) is 23.5 Å². The molecule has 0 atom stereocenters. The third kappa shape index (κ3) is 4.21. The third-order valence-electron chi connectivity index (χ3n) is 4.45. The second-order valence-corrected chi connectivity index (χ2v) is 7.28. The van der Waals surface area contributed by atoms with E-state index in [9.17, 15) is 13.6 Å². The van der Waals surface area contributed by atoms with Crippen molar-refractivity contribution < 1.29 is 18.0 Å². The molecule has 5 nitrogen and oxygen atoms in total. The van der Waals surface area contributed by atoms with E-state index < -0.39 is 11.6 Å². The van der Waals surface area contributed by atoms with Gasteiger partial charge in [-0.25, -0.2) is 8.78 Å². The van der Waals surface area contributed by atoms with Crippen molar-refractivity contribution in [1.82, 2.24) is 15.1 Å². The molecule has 1 saturated carbocycles. The molecule has 0 unspecified atom stereocenters. The first-order valence-electron chi connectivity index (χ1n) is 8.68. The van der Waals surface area contributed by atoms with Crippen molar-refractivity contribution in [1.29, 1.82) is 0 Å². The summed E-state index contributed by atoms with van der Waals surface area (Å²) in [6.07, 6.45) is 2.32. The van der Waals surface area contributed by atoms with Crippen molar-refractivity contribution in [3.8, 4) is 11.5 Å². The number of rotatable bonds is 7. The van der Waals surface area contributed by atoms with Gasteiger partial charge in [0.25, 0.3) is 0 Å². The lowest BCUT2D eigenvalue weighted by atomic mass is 10.1. The van der Waals surface area contributed by atoms with Crippen LogP contribution in [0.1, 0.15) is 30.7 Å². The highest BCUT2D eigenvalue weighted by Gasteiger charge is 2.33. The standard InChI is InChI=1S/C19H17F2N3O2S/c20-14-2-1-12(16(21)9-14)10-24(15-3-4-15)18(25)6-5-17-22-23-19(26-17)13-7-8-27-11-13/h1-2,7-9,11,15H,3-6,10H2. The van der Waals surface area contributed by atoms with Gasteiger partial charge in [-0.05, 0) is 30.4 Å². The SMILES string of the molecule is O=C(CCc1nnc(-c2ccsc2)o1)N(Cc1ccc(F)cc1F)C1CC1. The highest BCUT2D eigenvalue weighted by molar-refractivity contribution is 7.08. The van der Waals surface area contributed by atoms with Gasteiger partial charge in [0.1, 0.15) is 11.6 Å². The zero-order valence-corrected chi connectivity index (χ0v) is 15.2. The molecule has 0 radical (unpaired) electrons. The first-order chi connectivity index (χ1) is 13.1. The molecule has 27 heavy (non-hydrogen) atoms. The maximum Gasteiger partial charge on any atom is 0.248 e. The van der Waals surface area contributed by atoms with E-state index in [2.05, 4.69) is 10.2 Å². The van der Waals surface area contributed by atoms with Gasteiger partial charge in [-0.1, -0.05) is 6.07 Å². The number of hydrogen-bond donors (Lipinski definition) is 0. The molecule has 4 rings (SSSR count). The molecule has 1 aliphatic carbocycles. The van der Waals surface area contributed by atoms with Crippen LogP contribution in [0.25, 0.3) is 11.5 Å². The normalized spacial score (nSPS) is 13.7. The van der Waals surface area contributed by atoms with Crippen molar-refractivity contribution in [2.45, 2.75) is 38.3 Å². The van der Waals surface area contributed by atoms with Gasteiger partial charge in [0.15, 0.2) is 0 Å². The first-order valence-corrected chi connectivity index (χ1v) is 9.63. The fourth-order valence-electron chi connectivity index (χ4n) is 2.86. The van der Waals surface area contributed by atoms with Crippen molar-refractivity contribution in [2.24, 2.45) is 0 Å². The predicted molar refractivity (Wildman–Crippen MR) is 95.9 cm³/mol. The molecule has 8 heteroatoms. The number of nitrogens with zero attached hydrogens (tertiary/aromatic N) is 3. The number of aromatic nitrogens is 2. The largest absolute Gasteiger partial charge is 0.421 e. The zero-order chi connectivity index (χ0) is 18.8. The van der Waals surface area contributed by atoms with Crippen LogP contribution in [0.2, 0.25) is 0 Å². The Morgan fingerprint density at radius 3 is 2.81 bits per heavy atom. The molecule has 1 amide bonds. The summed E-state index contributed by atoms with van der Waals surface area (Å²) in [6.45, 7) is 0.138. The third-order valence-corrected chi connectivity index (χ3v) is 5.13. The molecule has 1 aliphatic rings. The monoisotopic (exact) mass is 389 g/mol. The van der Waals surface area contributed by atoms with Gasteiger partial charge in [-0.3, -0.25) is 4.79 Å². The summed E-state index contributed by atoms with van der Waals surface area (Å²) >= 11 is 1.54. The fraction of sp³-hybridized carbons (Fsp3) is 0.316. The number of halogens is 2. The highest BCUT2D eigenvalue weighted by atomic mass is 32.1. The van der Waals surface area contributed by atoms with Crippen LogP contribution >= 0.6 is 11.3 Å². The number of carbonyl (C=O) groups is 1. The second-order valence-electron chi connectivity index (χ2n) is 6.50. The maximum atomic E-state index is 13.9. The van der Waals surface area contributed by atoms with Crippen LogP contribution in [-0.2, 0) is 17.8 Å². The number of carbonyl (C=O) groups excluding carboxylic acids is 1. The quantitative estimate of drug-likeness (QED) is 0.608. The Bertz CT molecular complexity index is 938. The van der Waals surface area contributed by atoms with Crippen LogP contribution in [0.15, 0.2) is 39.4 Å². The molecule has 0 aliphatic heterocycles. The van der Waals surface area contributed by atoms with Crippen molar-refractivity contribution in [3.63, 3.8) is 0 Å². The van der Waals surface area contributed by atoms with Gasteiger partial charge in [-0.2, -0.15) is 11.3 Å². The lowest BCUT2D eigenvalue weighted by molar-refractivity contribution is -0.132. The van der Waals surface area contributed by atoms with Gasteiger partial charge in [0.05, 0.1) is 0 Å². The number of hydrogen-bond acceptors (Lipinski definition) is 5. The van der Waals surface area contributed by atoms with E-state index in [1.54, 1.807) is 4.90 Å². The predicted octanol–water partition coefficient (Wildman–Crippen LogP) is 4.20. The highest BCUT2D eigenvalue weighted by Crippen LogP contribution is 2.30. The van der Waals surface area contributed by atoms with Crippen molar-refractivity contribution >= 4 is 17.2 Å². The molecule has 0 spiro atoms. The Labute approximate surface area is 158 Å². The first kappa shape index (κ1) is 17.8. The summed E-state index contributed by atoms with van der Waals surface area (Å²) in [5.41, 5.74) is 1.17. The summed E-state index contributed by atoms with van der Waals surface area (Å²) in [6, 6.07) is 5.44. The summed E-state index contributed by atoms with van der Waals surface area (Å²) in [5.74, 6) is -0.528. The molecular formula is C19H17F2N3O2S. The van der Waals surface area contributed by atoms with Crippen LogP contribution < -0.4 is 0 Å². The minimum absolute atomic E-state index is 0.100. The molecule has 0 bridgehead atoms. The molecule has 3 aromatic rings. The number of thiophene rings is 1. The number of aryl methyl sites for hydroxylation is 1. The van der Waals surface area contributed by atoms with E-state index in [1.807, 2.05) is 16.8 Å². The van der Waals surface area contributed by atoms with Gasteiger partial charge in [-0.15, -0.1) is 10.2 Å². The Kier molecular flexibility index (Phi) is 4.98. The lowest BCUT2D eigenvalue weighted by Gasteiger charge is -2.22. The Hall–Kier alpha value is -2.61. The summed E-state index contributed by atoms with van der Waals surface area (Å²) < 4.78 is 32.6. The van der Waals surface area contributed by atoms with E-state index in [4.69, 9.17) is 4.42 Å². The summed E-state index contributed by atoms with van der Waals surface area (Å²) in [7, 11) is 0. The average molecular weight is 389 g/mol. The number of benzene rings is 1. The molecule has 0 N–H and O–H groups in total. The van der Waals surface area contributed by atoms with Crippen LogP contribution in [0.3, 0.4) is 0 Å². The average Bonchev–Trinajstić information content (AvgIpc) is 3.15. The molecule has 2 heterocycles. The maximum absolute atomic E-state index is 13.9. The van der Waals surface area contributed by atoms with Crippen molar-refractivity contribution in [2.75, 3.05) is 0 Å². The van der Waals surface area contributed by atoms with Crippen LogP contribution in [-0.4, -0.2) is 27.0 Å². The van der Waals surface area contributed by atoms with Gasteiger partial charge < -0.3 is 9.32 Å². The lowest BCUT2D eigenvalue weighted by Crippen LogP contribution is -2.33. The van der Waals surface area contributed by atoms with Gasteiger partial charge in [0, 0.05) is 48.0 Å². The Morgan fingerprint density at radius 2 is 2.11 bits per heavy atom. The zero-order valence-electron chi connectivity index (χ0n) is 14.4. The van der Waals surface area contributed by atoms with E-state index >= 15 is 0 Å². The minimum atomic E-state index is -0.634. The molecule has 1 fully saturated rings. The summed E-state index contributed by atoms with van der Waals surface area (Å²) in [4.78, 5) is 14.3. The van der Waals surface area contributed by atoms with E-state index in [0.717, 1.165) is 24.5 Å². The topological polar surface area (TPSA) is 59.2 Å². The van der Waals surface area contributed by atoms with E-state index in [0.29, 0.717) is 23.8 Å². The Balaban J connectivity index is 1.39. The van der Waals surface area contributed by atoms with Gasteiger partial charge >= 0.3 is 0 Å².